The molecule has 6 nitrogen and oxygen atoms in total. The number of amides is 1. The van der Waals surface area contributed by atoms with E-state index in [2.05, 4.69) is 5.32 Å². The van der Waals surface area contributed by atoms with Crippen molar-refractivity contribution >= 4 is 11.9 Å². The van der Waals surface area contributed by atoms with Crippen molar-refractivity contribution in [3.63, 3.8) is 0 Å². The molecule has 0 atom stereocenters. The zero-order chi connectivity index (χ0) is 14.5. The smallest absolute Gasteiger partial charge is 0.339 e. The van der Waals surface area contributed by atoms with Crippen LogP contribution >= 0.6 is 0 Å². The number of methoxy groups -OCH3 is 1. The lowest BCUT2D eigenvalue weighted by molar-refractivity contribution is 0.0693. The van der Waals surface area contributed by atoms with Gasteiger partial charge in [-0.05, 0) is 29.8 Å². The molecular formula is C14H13NO5. The number of hydrogen-bond acceptors (Lipinski definition) is 4. The Morgan fingerprint density at radius 1 is 1.35 bits per heavy atom. The van der Waals surface area contributed by atoms with Gasteiger partial charge in [0.15, 0.2) is 5.76 Å². The second-order valence-electron chi connectivity index (χ2n) is 4.00. The molecular weight excluding hydrogens is 262 g/mol. The van der Waals surface area contributed by atoms with Crippen LogP contribution in [0.5, 0.6) is 5.75 Å². The summed E-state index contributed by atoms with van der Waals surface area (Å²) >= 11 is 0. The monoisotopic (exact) mass is 275 g/mol. The number of carbonyl (C=O) groups excluding carboxylic acids is 1. The Kier molecular flexibility index (Phi) is 4.05. The molecule has 2 aromatic rings. The van der Waals surface area contributed by atoms with Gasteiger partial charge in [0.05, 0.1) is 13.4 Å². The van der Waals surface area contributed by atoms with Crippen molar-refractivity contribution in [1.82, 2.24) is 5.32 Å². The first-order valence-electron chi connectivity index (χ1n) is 5.83. The number of hydrogen-bond donors (Lipinski definition) is 2. The summed E-state index contributed by atoms with van der Waals surface area (Å²) in [4.78, 5) is 22.8. The first-order chi connectivity index (χ1) is 9.61. The van der Waals surface area contributed by atoms with Crippen LogP contribution in [0.1, 0.15) is 26.5 Å². The van der Waals surface area contributed by atoms with Gasteiger partial charge in [0.2, 0.25) is 0 Å². The zero-order valence-electron chi connectivity index (χ0n) is 10.8. The van der Waals surface area contributed by atoms with Crippen LogP contribution in [0.25, 0.3) is 0 Å². The summed E-state index contributed by atoms with van der Waals surface area (Å²) in [6.45, 7) is 0.198. The molecule has 0 fully saturated rings. The lowest BCUT2D eigenvalue weighted by Crippen LogP contribution is -2.22. The minimum absolute atomic E-state index is 0.0530. The quantitative estimate of drug-likeness (QED) is 0.870. The van der Waals surface area contributed by atoms with Gasteiger partial charge in [0.25, 0.3) is 5.91 Å². The minimum atomic E-state index is -1.08. The Morgan fingerprint density at radius 2 is 2.15 bits per heavy atom. The molecule has 0 spiro atoms. The van der Waals surface area contributed by atoms with Gasteiger partial charge in [0.1, 0.15) is 11.3 Å². The maximum absolute atomic E-state index is 11.7. The Bertz CT molecular complexity index is 618. The Labute approximate surface area is 115 Å². The molecule has 0 aliphatic heterocycles. The fourth-order valence-electron chi connectivity index (χ4n) is 1.71. The topological polar surface area (TPSA) is 88.8 Å². The van der Waals surface area contributed by atoms with Crippen molar-refractivity contribution in [2.24, 2.45) is 0 Å². The summed E-state index contributed by atoms with van der Waals surface area (Å²) in [5.41, 5.74) is 0.709. The van der Waals surface area contributed by atoms with E-state index in [0.29, 0.717) is 5.56 Å². The number of rotatable bonds is 5. The van der Waals surface area contributed by atoms with E-state index in [1.165, 1.54) is 19.4 Å². The van der Waals surface area contributed by atoms with Gasteiger partial charge in [-0.25, -0.2) is 4.79 Å². The van der Waals surface area contributed by atoms with Gasteiger partial charge < -0.3 is 19.6 Å². The van der Waals surface area contributed by atoms with E-state index in [1.54, 1.807) is 24.3 Å². The Hall–Kier alpha value is -2.76. The number of carbonyl (C=O) groups is 2. The van der Waals surface area contributed by atoms with Crippen LogP contribution in [0.3, 0.4) is 0 Å². The molecule has 0 unspecified atom stereocenters. The molecule has 0 saturated heterocycles. The minimum Gasteiger partial charge on any atom is -0.496 e. The van der Waals surface area contributed by atoms with Crippen LogP contribution in [-0.2, 0) is 6.54 Å². The van der Waals surface area contributed by atoms with Crippen molar-refractivity contribution < 1.29 is 23.8 Å². The largest absolute Gasteiger partial charge is 0.496 e. The third kappa shape index (κ3) is 2.97. The highest BCUT2D eigenvalue weighted by atomic mass is 16.5. The summed E-state index contributed by atoms with van der Waals surface area (Å²) in [5.74, 6) is -0.959. The van der Waals surface area contributed by atoms with E-state index in [9.17, 15) is 9.59 Å². The lowest BCUT2D eigenvalue weighted by atomic mass is 10.1. The van der Waals surface area contributed by atoms with Crippen molar-refractivity contribution in [3.05, 3.63) is 53.5 Å². The molecule has 2 rings (SSSR count). The summed E-state index contributed by atoms with van der Waals surface area (Å²) in [6, 6.07) is 7.87. The molecule has 1 aromatic heterocycles. The highest BCUT2D eigenvalue weighted by Crippen LogP contribution is 2.19. The van der Waals surface area contributed by atoms with E-state index in [0.717, 1.165) is 0 Å². The highest BCUT2D eigenvalue weighted by molar-refractivity contribution is 5.92. The standard InChI is InChI=1S/C14H13NO5/c1-19-11-5-4-9(7-10(11)14(17)18)8-15-13(16)12-3-2-6-20-12/h2-7H,8H2,1H3,(H,15,16)(H,17,18). The first kappa shape index (κ1) is 13.7. The maximum Gasteiger partial charge on any atom is 0.339 e. The molecule has 1 heterocycles. The number of ether oxygens (including phenoxy) is 1. The van der Waals surface area contributed by atoms with Crippen molar-refractivity contribution in [2.45, 2.75) is 6.54 Å². The zero-order valence-corrected chi connectivity index (χ0v) is 10.8. The number of carboxylic acids is 1. The van der Waals surface area contributed by atoms with Gasteiger partial charge in [-0.1, -0.05) is 6.07 Å². The Balaban J connectivity index is 2.08. The summed E-state index contributed by atoms with van der Waals surface area (Å²) < 4.78 is 9.92. The average molecular weight is 275 g/mol. The number of benzene rings is 1. The summed E-state index contributed by atoms with van der Waals surface area (Å²) in [7, 11) is 1.40. The number of carboxylic acid groups (broad SMARTS) is 1. The second-order valence-corrected chi connectivity index (χ2v) is 4.00. The van der Waals surface area contributed by atoms with Crippen molar-refractivity contribution in [3.8, 4) is 5.75 Å². The van der Waals surface area contributed by atoms with Crippen LogP contribution in [0, 0.1) is 0 Å². The third-order valence-electron chi connectivity index (χ3n) is 2.69. The molecule has 1 amide bonds. The summed E-state index contributed by atoms with van der Waals surface area (Å²) in [6.07, 6.45) is 1.41. The van der Waals surface area contributed by atoms with Gasteiger partial charge in [-0.2, -0.15) is 0 Å². The van der Waals surface area contributed by atoms with Crippen LogP contribution in [-0.4, -0.2) is 24.1 Å². The van der Waals surface area contributed by atoms with Gasteiger partial charge in [0, 0.05) is 6.54 Å². The van der Waals surface area contributed by atoms with Crippen molar-refractivity contribution in [1.29, 1.82) is 0 Å². The maximum atomic E-state index is 11.7. The predicted octanol–water partition coefficient (Wildman–Crippen LogP) is 1.92. The molecule has 2 N–H and O–H groups in total. The SMILES string of the molecule is COc1ccc(CNC(=O)c2ccco2)cc1C(=O)O. The number of aromatic carboxylic acids is 1. The van der Waals surface area contributed by atoms with E-state index < -0.39 is 5.97 Å². The molecule has 0 bridgehead atoms. The van der Waals surface area contributed by atoms with E-state index in [4.69, 9.17) is 14.3 Å². The number of nitrogens with one attached hydrogen (secondary N) is 1. The molecule has 0 aliphatic rings. The molecule has 0 aliphatic carbocycles. The van der Waals surface area contributed by atoms with Crippen molar-refractivity contribution in [2.75, 3.05) is 7.11 Å². The average Bonchev–Trinajstić information content (AvgIpc) is 2.98. The van der Waals surface area contributed by atoms with E-state index >= 15 is 0 Å². The predicted molar refractivity (Wildman–Crippen MR) is 69.8 cm³/mol. The normalized spacial score (nSPS) is 10.1. The highest BCUT2D eigenvalue weighted by Gasteiger charge is 2.13. The number of furan rings is 1. The first-order valence-corrected chi connectivity index (χ1v) is 5.83. The molecule has 0 saturated carbocycles. The second kappa shape index (κ2) is 5.92. The van der Waals surface area contributed by atoms with Crippen LogP contribution in [0.2, 0.25) is 0 Å². The molecule has 1 aromatic carbocycles. The molecule has 6 heteroatoms. The van der Waals surface area contributed by atoms with Gasteiger partial charge in [-0.15, -0.1) is 0 Å². The third-order valence-corrected chi connectivity index (χ3v) is 2.69. The lowest BCUT2D eigenvalue weighted by Gasteiger charge is -2.08. The molecule has 0 radical (unpaired) electrons. The Morgan fingerprint density at radius 3 is 2.75 bits per heavy atom. The van der Waals surface area contributed by atoms with E-state index in [-0.39, 0.29) is 29.5 Å². The fraction of sp³-hybridized carbons (Fsp3) is 0.143. The van der Waals surface area contributed by atoms with Gasteiger partial charge >= 0.3 is 5.97 Å². The van der Waals surface area contributed by atoms with Crippen LogP contribution < -0.4 is 10.1 Å². The van der Waals surface area contributed by atoms with Gasteiger partial charge in [-0.3, -0.25) is 4.79 Å². The summed E-state index contributed by atoms with van der Waals surface area (Å²) in [5, 5.41) is 11.7. The van der Waals surface area contributed by atoms with Crippen LogP contribution in [0.15, 0.2) is 41.0 Å². The molecule has 104 valence electrons. The fourth-order valence-corrected chi connectivity index (χ4v) is 1.71. The van der Waals surface area contributed by atoms with Crippen LogP contribution in [0.4, 0.5) is 0 Å². The van der Waals surface area contributed by atoms with E-state index in [1.807, 2.05) is 0 Å². The molecule has 20 heavy (non-hydrogen) atoms.